The Morgan fingerprint density at radius 1 is 0.968 bits per heavy atom. The molecule has 0 bridgehead atoms. The van der Waals surface area contributed by atoms with Crippen LogP contribution < -0.4 is 0 Å². The molecule has 4 saturated carbocycles. The van der Waals surface area contributed by atoms with Crippen LogP contribution in [-0.2, 0) is 0 Å². The predicted molar refractivity (Wildman–Crippen MR) is 133 cm³/mol. The van der Waals surface area contributed by atoms with Crippen molar-refractivity contribution >= 4 is 0 Å². The molecule has 4 unspecified atom stereocenters. The Morgan fingerprint density at radius 3 is 2.42 bits per heavy atom. The Labute approximate surface area is 193 Å². The molecule has 0 saturated heterocycles. The van der Waals surface area contributed by atoms with Crippen molar-refractivity contribution in [2.75, 3.05) is 0 Å². The normalized spacial score (nSPS) is 48.0. The molecule has 0 aromatic carbocycles. The summed E-state index contributed by atoms with van der Waals surface area (Å²) >= 11 is 0. The highest BCUT2D eigenvalue weighted by Gasteiger charge is 2.61. The molecular weight excluding hydrogens is 376 g/mol. The van der Waals surface area contributed by atoms with Crippen LogP contribution >= 0.6 is 0 Å². The molecular formula is C30H52O. The van der Waals surface area contributed by atoms with Crippen molar-refractivity contribution in [3.63, 3.8) is 0 Å². The van der Waals surface area contributed by atoms with Gasteiger partial charge in [0, 0.05) is 0 Å². The first kappa shape index (κ1) is 23.8. The zero-order valence-electron chi connectivity index (χ0n) is 21.4. The maximum absolute atomic E-state index is 10.8. The van der Waals surface area contributed by atoms with Gasteiger partial charge in [-0.3, -0.25) is 0 Å². The minimum absolute atomic E-state index is 0.0935. The van der Waals surface area contributed by atoms with Crippen LogP contribution in [-0.4, -0.2) is 11.2 Å². The Kier molecular flexibility index (Phi) is 7.04. The standard InChI is InChI=1S/C30H52O/c1-7-9-22-19-30(6)23(18-28(22)31)12-13-24-26-15-14-25(21(4)11-8-10-20(2)3)29(26,5)17-16-27(24)30/h7,20-28,31H,1,8-19H2,2-6H3/t21-,22-,23?,24?,25-,26?,27?,28+,29-,30+/m1/s1. The molecule has 31 heavy (non-hydrogen) atoms. The second kappa shape index (κ2) is 9.15. The lowest BCUT2D eigenvalue weighted by Gasteiger charge is -2.62. The zero-order valence-corrected chi connectivity index (χ0v) is 21.4. The highest BCUT2D eigenvalue weighted by molar-refractivity contribution is 5.10. The maximum atomic E-state index is 10.8. The molecule has 4 aliphatic carbocycles. The molecule has 4 rings (SSSR count). The Bertz CT molecular complexity index is 624. The molecule has 0 spiro atoms. The summed E-state index contributed by atoms with van der Waals surface area (Å²) in [6, 6.07) is 0. The van der Waals surface area contributed by atoms with Crippen LogP contribution in [0, 0.1) is 58.2 Å². The van der Waals surface area contributed by atoms with Crippen LogP contribution in [0.15, 0.2) is 12.7 Å². The van der Waals surface area contributed by atoms with E-state index < -0.39 is 0 Å². The average molecular weight is 429 g/mol. The highest BCUT2D eigenvalue weighted by atomic mass is 16.3. The second-order valence-electron chi connectivity index (χ2n) is 13.5. The monoisotopic (exact) mass is 428 g/mol. The second-order valence-corrected chi connectivity index (χ2v) is 13.5. The molecule has 4 aliphatic rings. The lowest BCUT2D eigenvalue weighted by Crippen LogP contribution is -2.55. The molecule has 0 aromatic rings. The summed E-state index contributed by atoms with van der Waals surface area (Å²) in [5, 5.41) is 10.8. The van der Waals surface area contributed by atoms with Crippen molar-refractivity contribution in [2.45, 2.75) is 118 Å². The molecule has 1 nitrogen and oxygen atoms in total. The van der Waals surface area contributed by atoms with Gasteiger partial charge in [0.05, 0.1) is 6.10 Å². The van der Waals surface area contributed by atoms with E-state index in [2.05, 4.69) is 47.3 Å². The SMILES string of the molecule is C=CC[C@@H]1C[C@@]2(C)C(CCC3C2CC[C@@]2(C)C3CC[C@@H]2[C@H](C)CCCC(C)C)C[C@@H]1O. The average Bonchev–Trinajstić information content (AvgIpc) is 3.06. The van der Waals surface area contributed by atoms with Crippen molar-refractivity contribution in [3.8, 4) is 0 Å². The number of aliphatic hydroxyl groups excluding tert-OH is 1. The van der Waals surface area contributed by atoms with E-state index in [1.165, 1.54) is 64.2 Å². The smallest absolute Gasteiger partial charge is 0.0574 e. The van der Waals surface area contributed by atoms with Crippen molar-refractivity contribution in [3.05, 3.63) is 12.7 Å². The minimum Gasteiger partial charge on any atom is -0.393 e. The number of hydrogen-bond donors (Lipinski definition) is 1. The summed E-state index contributed by atoms with van der Waals surface area (Å²) in [5.41, 5.74) is 1.05. The van der Waals surface area contributed by atoms with Crippen molar-refractivity contribution < 1.29 is 5.11 Å². The predicted octanol–water partition coefficient (Wildman–Crippen LogP) is 8.27. The van der Waals surface area contributed by atoms with E-state index in [4.69, 9.17) is 0 Å². The number of rotatable bonds is 7. The topological polar surface area (TPSA) is 20.2 Å². The van der Waals surface area contributed by atoms with E-state index in [1.54, 1.807) is 0 Å². The lowest BCUT2D eigenvalue weighted by molar-refractivity contribution is -0.144. The third-order valence-electron chi connectivity index (χ3n) is 11.5. The quantitative estimate of drug-likeness (QED) is 0.404. The zero-order chi connectivity index (χ0) is 22.4. The van der Waals surface area contributed by atoms with Gasteiger partial charge in [-0.25, -0.2) is 0 Å². The van der Waals surface area contributed by atoms with Gasteiger partial charge < -0.3 is 5.11 Å². The van der Waals surface area contributed by atoms with Crippen LogP contribution in [0.3, 0.4) is 0 Å². The first-order valence-electron chi connectivity index (χ1n) is 14.0. The van der Waals surface area contributed by atoms with Gasteiger partial charge >= 0.3 is 0 Å². The van der Waals surface area contributed by atoms with Crippen LogP contribution in [0.4, 0.5) is 0 Å². The number of fused-ring (bicyclic) bond motifs is 5. The molecule has 0 aliphatic heterocycles. The lowest BCUT2D eigenvalue weighted by atomic mass is 9.43. The van der Waals surface area contributed by atoms with E-state index >= 15 is 0 Å². The minimum atomic E-state index is -0.0935. The molecule has 1 heteroatoms. The van der Waals surface area contributed by atoms with Gasteiger partial charge in [-0.15, -0.1) is 6.58 Å². The first-order valence-corrected chi connectivity index (χ1v) is 14.0. The van der Waals surface area contributed by atoms with Gasteiger partial charge in [-0.2, -0.15) is 0 Å². The van der Waals surface area contributed by atoms with Crippen LogP contribution in [0.2, 0.25) is 0 Å². The largest absolute Gasteiger partial charge is 0.393 e. The molecule has 4 fully saturated rings. The Balaban J connectivity index is 1.48. The first-order chi connectivity index (χ1) is 14.7. The Hall–Kier alpha value is -0.300. The van der Waals surface area contributed by atoms with Gasteiger partial charge in [-0.05, 0) is 116 Å². The highest BCUT2D eigenvalue weighted by Crippen LogP contribution is 2.68. The fourth-order valence-electron chi connectivity index (χ4n) is 9.90. The molecule has 178 valence electrons. The number of allylic oxidation sites excluding steroid dienone is 1. The molecule has 0 radical (unpaired) electrons. The van der Waals surface area contributed by atoms with Gasteiger partial charge in [0.2, 0.25) is 0 Å². The molecule has 1 N–H and O–H groups in total. The van der Waals surface area contributed by atoms with Gasteiger partial charge in [0.25, 0.3) is 0 Å². The third-order valence-corrected chi connectivity index (χ3v) is 11.5. The maximum Gasteiger partial charge on any atom is 0.0574 e. The summed E-state index contributed by atoms with van der Waals surface area (Å²) in [6.07, 6.45) is 18.2. The fraction of sp³-hybridized carbons (Fsp3) is 0.933. The third kappa shape index (κ3) is 4.20. The van der Waals surface area contributed by atoms with E-state index in [1.807, 2.05) is 0 Å². The van der Waals surface area contributed by atoms with Gasteiger partial charge in [-0.1, -0.05) is 60.0 Å². The van der Waals surface area contributed by atoms with Gasteiger partial charge in [0.15, 0.2) is 0 Å². The summed E-state index contributed by atoms with van der Waals surface area (Å²) in [7, 11) is 0. The van der Waals surface area contributed by atoms with Crippen LogP contribution in [0.5, 0.6) is 0 Å². The summed E-state index contributed by atoms with van der Waals surface area (Å²) in [4.78, 5) is 0. The van der Waals surface area contributed by atoms with Gasteiger partial charge in [0.1, 0.15) is 0 Å². The summed E-state index contributed by atoms with van der Waals surface area (Å²) < 4.78 is 0. The number of aliphatic hydroxyl groups is 1. The van der Waals surface area contributed by atoms with Crippen LogP contribution in [0.25, 0.3) is 0 Å². The van der Waals surface area contributed by atoms with E-state index in [0.717, 1.165) is 54.3 Å². The van der Waals surface area contributed by atoms with Crippen molar-refractivity contribution in [1.29, 1.82) is 0 Å². The summed E-state index contributed by atoms with van der Waals surface area (Å²) in [5.74, 6) is 6.73. The molecule has 10 atom stereocenters. The summed E-state index contributed by atoms with van der Waals surface area (Å²) in [6.45, 7) is 16.7. The van der Waals surface area contributed by atoms with E-state index in [-0.39, 0.29) is 6.10 Å². The molecule has 0 aromatic heterocycles. The van der Waals surface area contributed by atoms with E-state index in [9.17, 15) is 5.11 Å². The number of hydrogen-bond acceptors (Lipinski definition) is 1. The Morgan fingerprint density at radius 2 is 1.71 bits per heavy atom. The fourth-order valence-corrected chi connectivity index (χ4v) is 9.90. The molecule has 0 heterocycles. The van der Waals surface area contributed by atoms with Crippen molar-refractivity contribution in [1.82, 2.24) is 0 Å². The van der Waals surface area contributed by atoms with Crippen molar-refractivity contribution in [2.24, 2.45) is 58.2 Å². The van der Waals surface area contributed by atoms with Crippen LogP contribution in [0.1, 0.15) is 112 Å². The van der Waals surface area contributed by atoms with E-state index in [0.29, 0.717) is 16.7 Å². The molecule has 0 amide bonds.